The fourth-order valence-corrected chi connectivity index (χ4v) is 4.87. The highest BCUT2D eigenvalue weighted by molar-refractivity contribution is 9.10. The van der Waals surface area contributed by atoms with Crippen molar-refractivity contribution in [3.8, 4) is 0 Å². The molecule has 0 saturated carbocycles. The van der Waals surface area contributed by atoms with Gasteiger partial charge in [0.05, 0.1) is 5.75 Å². The molecule has 3 aromatic carbocycles. The molecule has 0 radical (unpaired) electrons. The minimum Gasteiger partial charge on any atom is -0.354 e. The third-order valence-electron chi connectivity index (χ3n) is 5.24. The third kappa shape index (κ3) is 8.19. The maximum Gasteiger partial charge on any atom is 0.243 e. The number of carbonyl (C=O) groups excluding carboxylic acids is 2. The molecule has 0 bridgehead atoms. The molecule has 0 aliphatic heterocycles. The zero-order valence-corrected chi connectivity index (χ0v) is 22.2. The minimum atomic E-state index is -0.619. The number of hydrogen-bond donors (Lipinski definition) is 1. The van der Waals surface area contributed by atoms with Crippen LogP contribution in [0.2, 0.25) is 5.02 Å². The van der Waals surface area contributed by atoms with Crippen LogP contribution in [0.5, 0.6) is 0 Å². The molecule has 1 unspecified atom stereocenters. The Morgan fingerprint density at radius 2 is 1.71 bits per heavy atom. The molecule has 3 rings (SSSR count). The summed E-state index contributed by atoms with van der Waals surface area (Å²) in [4.78, 5) is 29.5. The largest absolute Gasteiger partial charge is 0.354 e. The van der Waals surface area contributed by atoms with Crippen molar-refractivity contribution >= 4 is 51.1 Å². The van der Waals surface area contributed by atoms with E-state index in [2.05, 4.69) is 21.2 Å². The summed E-state index contributed by atoms with van der Waals surface area (Å²) >= 11 is 10.9. The molecule has 0 aliphatic rings. The molecule has 34 heavy (non-hydrogen) atoms. The van der Waals surface area contributed by atoms with Crippen LogP contribution in [0.1, 0.15) is 24.5 Å². The van der Waals surface area contributed by atoms with Crippen molar-refractivity contribution in [3.05, 3.63) is 99.5 Å². The van der Waals surface area contributed by atoms with E-state index in [1.165, 1.54) is 11.8 Å². The van der Waals surface area contributed by atoms with E-state index >= 15 is 0 Å². The number of nitrogens with zero attached hydrogens (tertiary/aromatic N) is 1. The molecule has 0 fully saturated rings. The maximum atomic E-state index is 13.6. The predicted molar refractivity (Wildman–Crippen MR) is 144 cm³/mol. The van der Waals surface area contributed by atoms with Gasteiger partial charge in [-0.2, -0.15) is 0 Å². The molecule has 3 aromatic rings. The Kier molecular flexibility index (Phi) is 10.5. The van der Waals surface area contributed by atoms with Gasteiger partial charge in [-0.05, 0) is 53.9 Å². The van der Waals surface area contributed by atoms with Crippen LogP contribution >= 0.6 is 39.3 Å². The standard InChI is InChI=1S/C27H28BrClN2O2S/c1-2-15-30-27(33)25(17-20-7-4-3-5-8-20)31(18-21-9-6-10-22(28)16-21)26(32)19-34-24-13-11-23(29)12-14-24/h3-14,16,25H,2,15,17-19H2,1H3,(H,30,33). The molecular formula is C27H28BrClN2O2S. The molecule has 4 nitrogen and oxygen atoms in total. The monoisotopic (exact) mass is 558 g/mol. The van der Waals surface area contributed by atoms with E-state index in [4.69, 9.17) is 11.6 Å². The van der Waals surface area contributed by atoms with Crippen molar-refractivity contribution in [2.75, 3.05) is 12.3 Å². The molecule has 1 N–H and O–H groups in total. The van der Waals surface area contributed by atoms with Crippen molar-refractivity contribution in [3.63, 3.8) is 0 Å². The summed E-state index contributed by atoms with van der Waals surface area (Å²) in [6.45, 7) is 2.93. The van der Waals surface area contributed by atoms with Gasteiger partial charge in [0.15, 0.2) is 0 Å². The number of thioether (sulfide) groups is 1. The van der Waals surface area contributed by atoms with Crippen LogP contribution < -0.4 is 5.32 Å². The summed E-state index contributed by atoms with van der Waals surface area (Å²) in [7, 11) is 0. The molecule has 1 atom stereocenters. The van der Waals surface area contributed by atoms with Crippen LogP contribution in [0.3, 0.4) is 0 Å². The van der Waals surface area contributed by atoms with E-state index < -0.39 is 6.04 Å². The highest BCUT2D eigenvalue weighted by Crippen LogP contribution is 2.23. The molecular weight excluding hydrogens is 532 g/mol. The molecule has 0 spiro atoms. The number of rotatable bonds is 11. The molecule has 0 heterocycles. The first-order chi connectivity index (χ1) is 16.5. The minimum absolute atomic E-state index is 0.0903. The first-order valence-corrected chi connectivity index (χ1v) is 13.4. The zero-order valence-electron chi connectivity index (χ0n) is 19.0. The average molecular weight is 560 g/mol. The van der Waals surface area contributed by atoms with Crippen LogP contribution in [0, 0.1) is 0 Å². The van der Waals surface area contributed by atoms with E-state index in [1.807, 2.05) is 85.8 Å². The first-order valence-electron chi connectivity index (χ1n) is 11.2. The first kappa shape index (κ1) is 26.3. The summed E-state index contributed by atoms with van der Waals surface area (Å²) in [6.07, 6.45) is 1.28. The molecule has 178 valence electrons. The van der Waals surface area contributed by atoms with Crippen molar-refractivity contribution in [1.29, 1.82) is 0 Å². The van der Waals surface area contributed by atoms with E-state index in [0.29, 0.717) is 24.5 Å². The Morgan fingerprint density at radius 1 is 1.00 bits per heavy atom. The summed E-state index contributed by atoms with van der Waals surface area (Å²) in [5.41, 5.74) is 1.97. The van der Waals surface area contributed by atoms with Crippen molar-refractivity contribution in [2.45, 2.75) is 37.2 Å². The van der Waals surface area contributed by atoms with Gasteiger partial charge in [-0.25, -0.2) is 0 Å². The smallest absolute Gasteiger partial charge is 0.243 e. The zero-order chi connectivity index (χ0) is 24.3. The molecule has 0 aromatic heterocycles. The average Bonchev–Trinajstić information content (AvgIpc) is 2.85. The second-order valence-corrected chi connectivity index (χ2v) is 10.3. The summed E-state index contributed by atoms with van der Waals surface area (Å²) in [6, 6.07) is 24.5. The number of hydrogen-bond acceptors (Lipinski definition) is 3. The second kappa shape index (κ2) is 13.6. The Bertz CT molecular complexity index is 1080. The van der Waals surface area contributed by atoms with Crippen molar-refractivity contribution < 1.29 is 9.59 Å². The van der Waals surface area contributed by atoms with Gasteiger partial charge in [0, 0.05) is 33.9 Å². The van der Waals surface area contributed by atoms with Gasteiger partial charge in [0.1, 0.15) is 6.04 Å². The van der Waals surface area contributed by atoms with Gasteiger partial charge in [0.25, 0.3) is 0 Å². The van der Waals surface area contributed by atoms with Gasteiger partial charge in [-0.1, -0.05) is 76.9 Å². The highest BCUT2D eigenvalue weighted by atomic mass is 79.9. The maximum absolute atomic E-state index is 13.6. The normalized spacial score (nSPS) is 11.6. The third-order valence-corrected chi connectivity index (χ3v) is 6.98. The Labute approximate surface area is 219 Å². The van der Waals surface area contributed by atoms with E-state index in [1.54, 1.807) is 4.90 Å². The van der Waals surface area contributed by atoms with E-state index in [0.717, 1.165) is 26.9 Å². The van der Waals surface area contributed by atoms with Gasteiger partial charge in [0.2, 0.25) is 11.8 Å². The van der Waals surface area contributed by atoms with Gasteiger partial charge in [-0.3, -0.25) is 9.59 Å². The molecule has 2 amide bonds. The SMILES string of the molecule is CCCNC(=O)C(Cc1ccccc1)N(Cc1cccc(Br)c1)C(=O)CSc1ccc(Cl)cc1. The van der Waals surface area contributed by atoms with Gasteiger partial charge >= 0.3 is 0 Å². The van der Waals surface area contributed by atoms with Crippen LogP contribution in [-0.4, -0.2) is 35.1 Å². The fourth-order valence-electron chi connectivity index (χ4n) is 3.51. The van der Waals surface area contributed by atoms with Crippen molar-refractivity contribution in [2.24, 2.45) is 0 Å². The van der Waals surface area contributed by atoms with E-state index in [9.17, 15) is 9.59 Å². The number of halogens is 2. The van der Waals surface area contributed by atoms with Gasteiger partial charge < -0.3 is 10.2 Å². The van der Waals surface area contributed by atoms with Crippen LogP contribution in [0.25, 0.3) is 0 Å². The molecule has 0 saturated heterocycles. The van der Waals surface area contributed by atoms with E-state index in [-0.39, 0.29) is 17.6 Å². The van der Waals surface area contributed by atoms with Crippen LogP contribution in [-0.2, 0) is 22.6 Å². The lowest BCUT2D eigenvalue weighted by molar-refractivity contribution is -0.139. The fraction of sp³-hybridized carbons (Fsp3) is 0.259. The lowest BCUT2D eigenvalue weighted by atomic mass is 10.0. The van der Waals surface area contributed by atoms with Crippen LogP contribution in [0.4, 0.5) is 0 Å². The Morgan fingerprint density at radius 3 is 2.38 bits per heavy atom. The number of nitrogens with one attached hydrogen (secondary N) is 1. The predicted octanol–water partition coefficient (Wildman–Crippen LogP) is 6.36. The number of carbonyl (C=O) groups is 2. The lowest BCUT2D eigenvalue weighted by Gasteiger charge is -2.31. The number of benzene rings is 3. The molecule has 7 heteroatoms. The number of amides is 2. The summed E-state index contributed by atoms with van der Waals surface area (Å²) in [5.74, 6) is 0.000160. The Hall–Kier alpha value is -2.28. The molecule has 0 aliphatic carbocycles. The van der Waals surface area contributed by atoms with Crippen molar-refractivity contribution in [1.82, 2.24) is 10.2 Å². The lowest BCUT2D eigenvalue weighted by Crippen LogP contribution is -2.51. The topological polar surface area (TPSA) is 49.4 Å². The van der Waals surface area contributed by atoms with Crippen LogP contribution in [0.15, 0.2) is 88.2 Å². The quantitative estimate of drug-likeness (QED) is 0.278. The summed E-state index contributed by atoms with van der Waals surface area (Å²) < 4.78 is 0.933. The second-order valence-electron chi connectivity index (χ2n) is 7.89. The van der Waals surface area contributed by atoms with Gasteiger partial charge in [-0.15, -0.1) is 11.8 Å². The highest BCUT2D eigenvalue weighted by Gasteiger charge is 2.30. The Balaban J connectivity index is 1.88. The summed E-state index contributed by atoms with van der Waals surface area (Å²) in [5, 5.41) is 3.66.